The average Bonchev–Trinajstić information content (AvgIpc) is 2.65. The Hall–Kier alpha value is -1.41. The van der Waals surface area contributed by atoms with Crippen LogP contribution in [0.15, 0.2) is 30.3 Å². The molecule has 3 heteroatoms. The molecule has 0 saturated carbocycles. The van der Waals surface area contributed by atoms with Crippen molar-refractivity contribution in [1.82, 2.24) is 0 Å². The molecule has 0 aliphatic heterocycles. The van der Waals surface area contributed by atoms with Gasteiger partial charge in [-0.3, -0.25) is 0 Å². The molecular formula is C22H31ClO2. The molecule has 0 radical (unpaired) electrons. The minimum atomic E-state index is 0.729. The molecule has 0 fully saturated rings. The zero-order valence-corrected chi connectivity index (χ0v) is 16.4. The van der Waals surface area contributed by atoms with Crippen molar-refractivity contribution in [1.29, 1.82) is 0 Å². The predicted molar refractivity (Wildman–Crippen MR) is 108 cm³/mol. The van der Waals surface area contributed by atoms with Gasteiger partial charge in [0.25, 0.3) is 0 Å². The van der Waals surface area contributed by atoms with Gasteiger partial charge < -0.3 is 9.47 Å². The third-order valence-electron chi connectivity index (χ3n) is 4.44. The third kappa shape index (κ3) is 5.81. The number of hydrogen-bond acceptors (Lipinski definition) is 2. The first-order valence-electron chi connectivity index (χ1n) is 9.68. The van der Waals surface area contributed by atoms with Crippen molar-refractivity contribution in [3.63, 3.8) is 0 Å². The number of fused-ring (bicyclic) bond motifs is 1. The van der Waals surface area contributed by atoms with Crippen LogP contribution >= 0.6 is 11.6 Å². The summed E-state index contributed by atoms with van der Waals surface area (Å²) in [6.07, 6.45) is 7.67. The SMILES string of the molecule is CCCCCOc1c(CC)cc(OCCCCCCl)c2ccccc12. The largest absolute Gasteiger partial charge is 0.493 e. The predicted octanol–water partition coefficient (Wildman–Crippen LogP) is 6.76. The minimum Gasteiger partial charge on any atom is -0.493 e. The maximum absolute atomic E-state index is 6.19. The number of hydrogen-bond donors (Lipinski definition) is 0. The summed E-state index contributed by atoms with van der Waals surface area (Å²) in [7, 11) is 0. The van der Waals surface area contributed by atoms with Gasteiger partial charge in [-0.1, -0.05) is 51.0 Å². The summed E-state index contributed by atoms with van der Waals surface area (Å²) >= 11 is 5.74. The Morgan fingerprint density at radius 1 is 0.840 bits per heavy atom. The van der Waals surface area contributed by atoms with Crippen molar-refractivity contribution in [2.24, 2.45) is 0 Å². The lowest BCUT2D eigenvalue weighted by atomic mass is 10.0. The molecule has 0 aliphatic carbocycles. The van der Waals surface area contributed by atoms with Crippen molar-refractivity contribution in [2.75, 3.05) is 19.1 Å². The van der Waals surface area contributed by atoms with E-state index in [1.165, 1.54) is 18.4 Å². The maximum Gasteiger partial charge on any atom is 0.130 e. The lowest BCUT2D eigenvalue weighted by molar-refractivity contribution is 0.301. The van der Waals surface area contributed by atoms with Crippen LogP contribution in [-0.2, 0) is 6.42 Å². The highest BCUT2D eigenvalue weighted by Crippen LogP contribution is 2.37. The molecule has 0 bridgehead atoms. The van der Waals surface area contributed by atoms with Gasteiger partial charge in [0, 0.05) is 16.7 Å². The first-order valence-corrected chi connectivity index (χ1v) is 10.2. The molecule has 0 saturated heterocycles. The van der Waals surface area contributed by atoms with Crippen LogP contribution in [0.5, 0.6) is 11.5 Å². The number of halogens is 1. The second kappa shape index (κ2) is 11.3. The molecule has 25 heavy (non-hydrogen) atoms. The van der Waals surface area contributed by atoms with Gasteiger partial charge >= 0.3 is 0 Å². The number of rotatable bonds is 12. The van der Waals surface area contributed by atoms with Gasteiger partial charge in [0.1, 0.15) is 11.5 Å². The number of unbranched alkanes of at least 4 members (excludes halogenated alkanes) is 4. The molecule has 0 aromatic heterocycles. The van der Waals surface area contributed by atoms with Crippen LogP contribution in [0.3, 0.4) is 0 Å². The standard InChI is InChI=1S/C22H31ClO2/c1-3-5-10-16-25-22-18(4-2)17-21(24-15-11-6-9-14-23)19-12-7-8-13-20(19)22/h7-8,12-13,17H,3-6,9-11,14-16H2,1-2H3. The fourth-order valence-corrected chi connectivity index (χ4v) is 3.19. The van der Waals surface area contributed by atoms with Crippen molar-refractivity contribution in [2.45, 2.75) is 58.8 Å². The van der Waals surface area contributed by atoms with E-state index in [0.29, 0.717) is 0 Å². The molecule has 0 atom stereocenters. The van der Waals surface area contributed by atoms with Gasteiger partial charge in [-0.05, 0) is 43.7 Å². The van der Waals surface area contributed by atoms with Crippen LogP contribution in [0.4, 0.5) is 0 Å². The molecule has 2 rings (SSSR count). The first-order chi connectivity index (χ1) is 12.3. The van der Waals surface area contributed by atoms with Crippen LogP contribution in [-0.4, -0.2) is 19.1 Å². The van der Waals surface area contributed by atoms with Gasteiger partial charge in [-0.25, -0.2) is 0 Å². The minimum absolute atomic E-state index is 0.729. The fraction of sp³-hybridized carbons (Fsp3) is 0.545. The normalized spacial score (nSPS) is 11.0. The summed E-state index contributed by atoms with van der Waals surface area (Å²) in [6.45, 7) is 5.91. The highest BCUT2D eigenvalue weighted by Gasteiger charge is 2.13. The van der Waals surface area contributed by atoms with Crippen molar-refractivity contribution in [3.05, 3.63) is 35.9 Å². The molecule has 0 aliphatic rings. The lowest BCUT2D eigenvalue weighted by Crippen LogP contribution is -2.03. The van der Waals surface area contributed by atoms with Crippen LogP contribution in [0, 0.1) is 0 Å². The Bertz CT molecular complexity index is 639. The van der Waals surface area contributed by atoms with Crippen molar-refractivity contribution < 1.29 is 9.47 Å². The van der Waals surface area contributed by atoms with E-state index in [0.717, 1.165) is 73.5 Å². The molecule has 2 aromatic carbocycles. The van der Waals surface area contributed by atoms with E-state index < -0.39 is 0 Å². The quantitative estimate of drug-likeness (QED) is 0.306. The van der Waals surface area contributed by atoms with E-state index in [9.17, 15) is 0 Å². The summed E-state index contributed by atoms with van der Waals surface area (Å²) in [5.74, 6) is 2.73. The Labute approximate surface area is 157 Å². The molecule has 0 amide bonds. The lowest BCUT2D eigenvalue weighted by Gasteiger charge is -2.17. The zero-order valence-electron chi connectivity index (χ0n) is 15.7. The maximum atomic E-state index is 6.19. The number of alkyl halides is 1. The summed E-state index contributed by atoms with van der Waals surface area (Å²) in [4.78, 5) is 0. The Morgan fingerprint density at radius 3 is 2.28 bits per heavy atom. The molecule has 0 N–H and O–H groups in total. The fourth-order valence-electron chi connectivity index (χ4n) is 3.00. The van der Waals surface area contributed by atoms with Gasteiger partial charge in [0.15, 0.2) is 0 Å². The monoisotopic (exact) mass is 362 g/mol. The second-order valence-electron chi connectivity index (χ2n) is 6.42. The molecule has 2 aromatic rings. The van der Waals surface area contributed by atoms with Crippen LogP contribution < -0.4 is 9.47 Å². The van der Waals surface area contributed by atoms with Crippen molar-refractivity contribution in [3.8, 4) is 11.5 Å². The molecule has 0 heterocycles. The van der Waals surface area contributed by atoms with Gasteiger partial charge in [-0.15, -0.1) is 11.6 Å². The zero-order chi connectivity index (χ0) is 17.9. The number of ether oxygens (including phenoxy) is 2. The summed E-state index contributed by atoms with van der Waals surface area (Å²) in [6, 6.07) is 10.6. The number of benzene rings is 2. The molecule has 2 nitrogen and oxygen atoms in total. The highest BCUT2D eigenvalue weighted by molar-refractivity contribution is 6.17. The Morgan fingerprint density at radius 2 is 1.56 bits per heavy atom. The topological polar surface area (TPSA) is 18.5 Å². The van der Waals surface area contributed by atoms with Crippen molar-refractivity contribution >= 4 is 22.4 Å². The van der Waals surface area contributed by atoms with E-state index in [4.69, 9.17) is 21.1 Å². The first kappa shape index (κ1) is 19.9. The highest BCUT2D eigenvalue weighted by atomic mass is 35.5. The van der Waals surface area contributed by atoms with Gasteiger partial charge in [-0.2, -0.15) is 0 Å². The van der Waals surface area contributed by atoms with Crippen LogP contribution in [0.2, 0.25) is 0 Å². The van der Waals surface area contributed by atoms with E-state index in [2.05, 4.69) is 44.2 Å². The smallest absolute Gasteiger partial charge is 0.130 e. The van der Waals surface area contributed by atoms with E-state index in [1.54, 1.807) is 0 Å². The van der Waals surface area contributed by atoms with E-state index in [1.807, 2.05) is 0 Å². The molecule has 0 unspecified atom stereocenters. The molecular weight excluding hydrogens is 332 g/mol. The summed E-state index contributed by atoms with van der Waals surface area (Å²) < 4.78 is 12.3. The summed E-state index contributed by atoms with van der Waals surface area (Å²) in [5.41, 5.74) is 1.23. The van der Waals surface area contributed by atoms with Gasteiger partial charge in [0.05, 0.1) is 13.2 Å². The number of aryl methyl sites for hydroxylation is 1. The Kier molecular flexibility index (Phi) is 8.96. The van der Waals surface area contributed by atoms with E-state index >= 15 is 0 Å². The van der Waals surface area contributed by atoms with Crippen LogP contribution in [0.25, 0.3) is 10.8 Å². The molecule has 138 valence electrons. The van der Waals surface area contributed by atoms with E-state index in [-0.39, 0.29) is 0 Å². The third-order valence-corrected chi connectivity index (χ3v) is 4.71. The van der Waals surface area contributed by atoms with Gasteiger partial charge in [0.2, 0.25) is 0 Å². The molecule has 0 spiro atoms. The summed E-state index contributed by atoms with van der Waals surface area (Å²) in [5, 5.41) is 2.30. The Balaban J connectivity index is 2.19. The second-order valence-corrected chi connectivity index (χ2v) is 6.79. The average molecular weight is 363 g/mol. The van der Waals surface area contributed by atoms with Crippen LogP contribution in [0.1, 0.15) is 57.9 Å².